The first kappa shape index (κ1) is 16.8. The number of carbonyl (C=O) groups is 1. The Balaban J connectivity index is 2.29. The van der Waals surface area contributed by atoms with E-state index in [0.717, 1.165) is 0 Å². The minimum atomic E-state index is -0.693. The summed E-state index contributed by atoms with van der Waals surface area (Å²) in [5.74, 6) is -0.762. The summed E-state index contributed by atoms with van der Waals surface area (Å²) in [6.45, 7) is 3.17. The fourth-order valence-corrected chi connectivity index (χ4v) is 2.78. The zero-order valence-electron chi connectivity index (χ0n) is 14.1. The van der Waals surface area contributed by atoms with Crippen LogP contribution in [-0.4, -0.2) is 20.3 Å². The van der Waals surface area contributed by atoms with Gasteiger partial charge in [-0.2, -0.15) is 0 Å². The van der Waals surface area contributed by atoms with Gasteiger partial charge in [-0.1, -0.05) is 6.92 Å². The molecule has 0 spiro atoms. The van der Waals surface area contributed by atoms with Gasteiger partial charge >= 0.3 is 0 Å². The molecular formula is C18H17FN4O2. The second-order valence-electron chi connectivity index (χ2n) is 5.83. The molecule has 0 atom stereocenters. The maximum atomic E-state index is 14.6. The Hall–Kier alpha value is -3.09. The lowest BCUT2D eigenvalue weighted by Gasteiger charge is -2.12. The van der Waals surface area contributed by atoms with E-state index in [1.54, 1.807) is 32.3 Å². The molecule has 3 aromatic heterocycles. The molecule has 7 heteroatoms. The second-order valence-corrected chi connectivity index (χ2v) is 5.83. The molecule has 6 nitrogen and oxygen atoms in total. The van der Waals surface area contributed by atoms with Crippen LogP contribution in [0.1, 0.15) is 29.4 Å². The minimum absolute atomic E-state index is 0.160. The molecule has 0 amide bonds. The van der Waals surface area contributed by atoms with Crippen LogP contribution in [-0.2, 0) is 7.05 Å². The summed E-state index contributed by atoms with van der Waals surface area (Å²) < 4.78 is 16.0. The number of nitrogens with zero attached hydrogens (tertiary/aromatic N) is 3. The Morgan fingerprint density at radius 2 is 1.96 bits per heavy atom. The molecule has 2 N–H and O–H groups in total. The highest BCUT2D eigenvalue weighted by Crippen LogP contribution is 2.26. The monoisotopic (exact) mass is 340 g/mol. The SMILES string of the molecule is CCC(=O)c1ncc(-c2cc3cnc(N)cc3n(C)c2=O)c(C)c1F. The van der Waals surface area contributed by atoms with E-state index in [4.69, 9.17) is 5.73 Å². The molecule has 0 bridgehead atoms. The van der Waals surface area contributed by atoms with Gasteiger partial charge in [0.05, 0.1) is 5.52 Å². The van der Waals surface area contributed by atoms with E-state index < -0.39 is 5.82 Å². The van der Waals surface area contributed by atoms with Gasteiger partial charge in [-0.05, 0) is 18.6 Å². The summed E-state index contributed by atoms with van der Waals surface area (Å²) in [6, 6.07) is 3.24. The van der Waals surface area contributed by atoms with Crippen LogP contribution in [0.3, 0.4) is 0 Å². The van der Waals surface area contributed by atoms with Crippen LogP contribution >= 0.6 is 0 Å². The maximum Gasteiger partial charge on any atom is 0.258 e. The van der Waals surface area contributed by atoms with Gasteiger partial charge in [0.2, 0.25) is 0 Å². The number of hydrogen-bond donors (Lipinski definition) is 1. The van der Waals surface area contributed by atoms with E-state index in [9.17, 15) is 14.0 Å². The molecule has 3 rings (SSSR count). The largest absolute Gasteiger partial charge is 0.384 e. The Bertz CT molecular complexity index is 1070. The number of aromatic nitrogens is 3. The fraction of sp³-hybridized carbons (Fsp3) is 0.222. The van der Waals surface area contributed by atoms with Gasteiger partial charge in [-0.15, -0.1) is 0 Å². The number of hydrogen-bond acceptors (Lipinski definition) is 5. The van der Waals surface area contributed by atoms with Crippen LogP contribution in [0.15, 0.2) is 29.3 Å². The molecule has 0 fully saturated rings. The fourth-order valence-electron chi connectivity index (χ4n) is 2.78. The van der Waals surface area contributed by atoms with Crippen molar-refractivity contribution in [2.75, 3.05) is 5.73 Å². The highest BCUT2D eigenvalue weighted by Gasteiger charge is 2.19. The number of aryl methyl sites for hydroxylation is 1. The second kappa shape index (κ2) is 6.08. The van der Waals surface area contributed by atoms with Crippen molar-refractivity contribution in [3.63, 3.8) is 0 Å². The van der Waals surface area contributed by atoms with Gasteiger partial charge in [0.15, 0.2) is 11.6 Å². The van der Waals surface area contributed by atoms with Crippen molar-refractivity contribution >= 4 is 22.5 Å². The number of carbonyl (C=O) groups excluding carboxylic acids is 1. The number of rotatable bonds is 3. The standard InChI is InChI=1S/C18H17FN4O2/c1-4-14(24)17-16(19)9(2)12(8-22-17)11-5-10-7-21-15(20)6-13(10)23(3)18(11)25/h5-8H,4H2,1-3H3,(H2,20,21). The smallest absolute Gasteiger partial charge is 0.258 e. The third-order valence-corrected chi connectivity index (χ3v) is 4.27. The van der Waals surface area contributed by atoms with Crippen LogP contribution in [0.4, 0.5) is 10.2 Å². The molecule has 0 aliphatic heterocycles. The van der Waals surface area contributed by atoms with Gasteiger partial charge in [-0.25, -0.2) is 14.4 Å². The quantitative estimate of drug-likeness (QED) is 0.740. The molecule has 3 heterocycles. The number of pyridine rings is 3. The van der Waals surface area contributed by atoms with Gasteiger partial charge in [0, 0.05) is 48.4 Å². The predicted molar refractivity (Wildman–Crippen MR) is 93.9 cm³/mol. The van der Waals surface area contributed by atoms with E-state index in [1.807, 2.05) is 0 Å². The lowest BCUT2D eigenvalue weighted by molar-refractivity contribution is 0.0979. The summed E-state index contributed by atoms with van der Waals surface area (Å²) >= 11 is 0. The Labute approximate surface area is 143 Å². The normalized spacial score (nSPS) is 11.0. The number of nitrogens with two attached hydrogens (primary N) is 1. The van der Waals surface area contributed by atoms with Crippen molar-refractivity contribution in [2.45, 2.75) is 20.3 Å². The summed E-state index contributed by atoms with van der Waals surface area (Å²) in [4.78, 5) is 32.5. The molecule has 0 aliphatic rings. The number of Topliss-reactive ketones (excluding diaryl/α,β-unsaturated/α-hetero) is 1. The number of ketones is 1. The molecule has 25 heavy (non-hydrogen) atoms. The molecule has 0 aliphatic carbocycles. The van der Waals surface area contributed by atoms with Gasteiger partial charge in [-0.3, -0.25) is 9.59 Å². The van der Waals surface area contributed by atoms with Crippen molar-refractivity contribution in [1.82, 2.24) is 14.5 Å². The molecule has 128 valence electrons. The zero-order valence-corrected chi connectivity index (χ0v) is 14.1. The number of anilines is 1. The van der Waals surface area contributed by atoms with Crippen LogP contribution in [0.5, 0.6) is 0 Å². The lowest BCUT2D eigenvalue weighted by atomic mass is 10.0. The summed E-state index contributed by atoms with van der Waals surface area (Å²) in [5, 5.41) is 0.694. The first-order valence-electron chi connectivity index (χ1n) is 7.79. The van der Waals surface area contributed by atoms with E-state index >= 15 is 0 Å². The van der Waals surface area contributed by atoms with Crippen LogP contribution < -0.4 is 11.3 Å². The molecule has 3 aromatic rings. The van der Waals surface area contributed by atoms with Crippen molar-refractivity contribution in [1.29, 1.82) is 0 Å². The third kappa shape index (κ3) is 2.67. The van der Waals surface area contributed by atoms with Crippen molar-refractivity contribution < 1.29 is 9.18 Å². The highest BCUT2D eigenvalue weighted by atomic mass is 19.1. The van der Waals surface area contributed by atoms with E-state index in [0.29, 0.717) is 27.8 Å². The van der Waals surface area contributed by atoms with Crippen LogP contribution in [0, 0.1) is 12.7 Å². The third-order valence-electron chi connectivity index (χ3n) is 4.27. The molecule has 0 aromatic carbocycles. The molecule has 0 radical (unpaired) electrons. The van der Waals surface area contributed by atoms with Crippen molar-refractivity contribution in [3.8, 4) is 11.1 Å². The average Bonchev–Trinajstić information content (AvgIpc) is 2.60. The topological polar surface area (TPSA) is 90.9 Å². The first-order chi connectivity index (χ1) is 11.8. The molecular weight excluding hydrogens is 323 g/mol. The van der Waals surface area contributed by atoms with Crippen molar-refractivity contribution in [3.05, 3.63) is 52.0 Å². The Morgan fingerprint density at radius 1 is 1.24 bits per heavy atom. The van der Waals surface area contributed by atoms with Gasteiger partial charge in [0.1, 0.15) is 11.5 Å². The number of fused-ring (bicyclic) bond motifs is 1. The predicted octanol–water partition coefficient (Wildman–Crippen LogP) is 2.62. The van der Waals surface area contributed by atoms with Crippen LogP contribution in [0.25, 0.3) is 22.0 Å². The molecule has 0 saturated heterocycles. The number of halogens is 1. The van der Waals surface area contributed by atoms with Gasteiger partial charge < -0.3 is 10.3 Å². The molecule has 0 saturated carbocycles. The zero-order chi connectivity index (χ0) is 18.3. The maximum absolute atomic E-state index is 14.6. The molecule has 0 unspecified atom stereocenters. The highest BCUT2D eigenvalue weighted by molar-refractivity contribution is 5.95. The summed E-state index contributed by atoms with van der Waals surface area (Å²) in [5.41, 5.74) is 6.66. The van der Waals surface area contributed by atoms with E-state index in [-0.39, 0.29) is 29.0 Å². The van der Waals surface area contributed by atoms with Crippen molar-refractivity contribution in [2.24, 2.45) is 7.05 Å². The first-order valence-corrected chi connectivity index (χ1v) is 7.79. The number of nitrogen functional groups attached to an aromatic ring is 1. The summed E-state index contributed by atoms with van der Waals surface area (Å²) in [6.07, 6.45) is 3.09. The average molecular weight is 340 g/mol. The Morgan fingerprint density at radius 3 is 2.64 bits per heavy atom. The minimum Gasteiger partial charge on any atom is -0.384 e. The van der Waals surface area contributed by atoms with E-state index in [2.05, 4.69) is 9.97 Å². The lowest BCUT2D eigenvalue weighted by Crippen LogP contribution is -2.20. The summed E-state index contributed by atoms with van der Waals surface area (Å²) in [7, 11) is 1.61. The Kier molecular flexibility index (Phi) is 4.08. The van der Waals surface area contributed by atoms with Crippen LogP contribution in [0.2, 0.25) is 0 Å². The van der Waals surface area contributed by atoms with E-state index in [1.165, 1.54) is 17.7 Å². The van der Waals surface area contributed by atoms with Gasteiger partial charge in [0.25, 0.3) is 5.56 Å².